The molecule has 0 saturated carbocycles. The van der Waals surface area contributed by atoms with Crippen LogP contribution in [0.1, 0.15) is 6.92 Å². The van der Waals surface area contributed by atoms with Gasteiger partial charge < -0.3 is 4.74 Å². The Morgan fingerprint density at radius 1 is 1.80 bits per heavy atom. The lowest BCUT2D eigenvalue weighted by Crippen LogP contribution is -2.44. The van der Waals surface area contributed by atoms with Gasteiger partial charge in [0.1, 0.15) is 0 Å². The summed E-state index contributed by atoms with van der Waals surface area (Å²) in [5, 5.41) is 0. The first-order valence-electron chi connectivity index (χ1n) is 2.98. The molecule has 0 aromatic heterocycles. The average molecular weight is 163 g/mol. The Morgan fingerprint density at radius 2 is 2.60 bits per heavy atom. The molecule has 10 heavy (non-hydrogen) atoms. The lowest BCUT2D eigenvalue weighted by Gasteiger charge is -2.23. The summed E-state index contributed by atoms with van der Waals surface area (Å²) in [7, 11) is 0. The van der Waals surface area contributed by atoms with Gasteiger partial charge in [-0.2, -0.15) is 5.43 Å². The summed E-state index contributed by atoms with van der Waals surface area (Å²) in [6.07, 6.45) is 4.06. The smallest absolute Gasteiger partial charge is 0.203 e. The van der Waals surface area contributed by atoms with Crippen molar-refractivity contribution in [3.8, 4) is 0 Å². The van der Waals surface area contributed by atoms with Gasteiger partial charge in [-0.3, -0.25) is 5.43 Å². The van der Waals surface area contributed by atoms with E-state index in [2.05, 4.69) is 10.9 Å². The van der Waals surface area contributed by atoms with E-state index in [1.165, 1.54) is 4.64 Å². The van der Waals surface area contributed by atoms with Crippen molar-refractivity contribution in [3.05, 3.63) is 18.5 Å². The first kappa shape index (κ1) is 7.81. The standard InChI is InChI=1S/C5H9ClN3O/c1-2-10-5-3-4-7-9(6)8-5/h3-4,7-8H,2H2,1H3. The maximum absolute atomic E-state index is 5.51. The predicted molar refractivity (Wildman–Crippen MR) is 38.0 cm³/mol. The van der Waals surface area contributed by atoms with Crippen LogP contribution in [0.25, 0.3) is 0 Å². The fraction of sp³-hybridized carbons (Fsp3) is 0.400. The lowest BCUT2D eigenvalue weighted by atomic mass is 10.5. The molecule has 5 heteroatoms. The van der Waals surface area contributed by atoms with Gasteiger partial charge in [0, 0.05) is 24.6 Å². The third-order valence-electron chi connectivity index (χ3n) is 0.931. The second kappa shape index (κ2) is 3.78. The number of hydrogen-bond acceptors (Lipinski definition) is 4. The highest BCUT2D eigenvalue weighted by molar-refractivity contribution is 6.12. The molecule has 0 fully saturated rings. The quantitative estimate of drug-likeness (QED) is 0.580. The van der Waals surface area contributed by atoms with Crippen molar-refractivity contribution in [3.63, 3.8) is 0 Å². The van der Waals surface area contributed by atoms with E-state index in [4.69, 9.17) is 16.5 Å². The summed E-state index contributed by atoms with van der Waals surface area (Å²) in [6, 6.07) is 0. The van der Waals surface area contributed by atoms with E-state index in [9.17, 15) is 0 Å². The molecule has 1 radical (unpaired) electrons. The minimum atomic E-state index is 0.622. The van der Waals surface area contributed by atoms with E-state index in [1.807, 2.05) is 6.92 Å². The van der Waals surface area contributed by atoms with Crippen molar-refractivity contribution in [2.75, 3.05) is 6.61 Å². The Labute approximate surface area is 64.8 Å². The highest BCUT2D eigenvalue weighted by Crippen LogP contribution is 2.04. The summed E-state index contributed by atoms with van der Waals surface area (Å²) < 4.78 is 6.29. The molecule has 0 bridgehead atoms. The summed E-state index contributed by atoms with van der Waals surface area (Å²) >= 11 is 5.51. The van der Waals surface area contributed by atoms with E-state index in [1.54, 1.807) is 12.3 Å². The molecular weight excluding hydrogens is 154 g/mol. The number of hydrogen-bond donors (Lipinski definition) is 2. The zero-order chi connectivity index (χ0) is 7.40. The minimum Gasteiger partial charge on any atom is -0.351 e. The normalized spacial score (nSPS) is 21.0. The van der Waals surface area contributed by atoms with Gasteiger partial charge in [-0.1, -0.05) is 4.64 Å². The van der Waals surface area contributed by atoms with Crippen molar-refractivity contribution >= 4 is 11.8 Å². The van der Waals surface area contributed by atoms with Crippen LogP contribution in [-0.2, 0) is 4.74 Å². The molecular formula is C5H9ClN3O. The summed E-state index contributed by atoms with van der Waals surface area (Å²) in [6.45, 7) is 2.53. The van der Waals surface area contributed by atoms with Crippen LogP contribution in [0.15, 0.2) is 12.3 Å². The van der Waals surface area contributed by atoms with Gasteiger partial charge in [0.05, 0.1) is 0 Å². The third kappa shape index (κ3) is 2.15. The molecule has 1 aliphatic rings. The molecule has 0 atom stereocenters. The number of ether oxygens (including phenoxy) is 1. The second-order valence-corrected chi connectivity index (χ2v) is 1.99. The van der Waals surface area contributed by atoms with Crippen LogP contribution in [-0.4, -0.2) is 11.2 Å². The van der Waals surface area contributed by atoms with Crippen LogP contribution in [0.2, 0.25) is 0 Å². The van der Waals surface area contributed by atoms with Gasteiger partial charge >= 0.3 is 0 Å². The molecule has 0 aliphatic carbocycles. The molecule has 0 unspecified atom stereocenters. The van der Waals surface area contributed by atoms with E-state index >= 15 is 0 Å². The van der Waals surface area contributed by atoms with E-state index < -0.39 is 0 Å². The maximum atomic E-state index is 5.51. The highest BCUT2D eigenvalue weighted by Gasteiger charge is 2.12. The zero-order valence-electron chi connectivity index (χ0n) is 5.60. The molecule has 0 spiro atoms. The lowest BCUT2D eigenvalue weighted by molar-refractivity contribution is 0.0975. The molecule has 2 N–H and O–H groups in total. The van der Waals surface area contributed by atoms with Gasteiger partial charge in [-0.05, 0) is 13.0 Å². The van der Waals surface area contributed by atoms with Crippen LogP contribution >= 0.6 is 11.8 Å². The van der Waals surface area contributed by atoms with Gasteiger partial charge in [0.15, 0.2) is 0 Å². The average Bonchev–Trinajstić information content (AvgIpc) is 1.88. The Bertz CT molecular complexity index is 130. The number of halogens is 1. The molecule has 0 amide bonds. The largest absolute Gasteiger partial charge is 0.351 e. The molecule has 0 aromatic carbocycles. The number of hydrazine groups is 2. The first-order chi connectivity index (χ1) is 4.83. The monoisotopic (exact) mass is 162 g/mol. The van der Waals surface area contributed by atoms with Crippen molar-refractivity contribution in [1.29, 1.82) is 0 Å². The number of rotatable bonds is 2. The molecule has 4 nitrogen and oxygen atoms in total. The first-order valence-corrected chi connectivity index (χ1v) is 3.31. The summed E-state index contributed by atoms with van der Waals surface area (Å²) in [4.78, 5) is 0. The zero-order valence-corrected chi connectivity index (χ0v) is 6.35. The van der Waals surface area contributed by atoms with Crippen LogP contribution in [0.3, 0.4) is 0 Å². The van der Waals surface area contributed by atoms with Crippen LogP contribution in [0, 0.1) is 6.23 Å². The SMILES string of the molecule is CCO[C]1C=CNN(Cl)N1. The van der Waals surface area contributed by atoms with Gasteiger partial charge in [0.25, 0.3) is 0 Å². The van der Waals surface area contributed by atoms with Crippen molar-refractivity contribution < 1.29 is 4.74 Å². The van der Waals surface area contributed by atoms with E-state index in [0.29, 0.717) is 12.8 Å². The maximum Gasteiger partial charge on any atom is 0.203 e. The van der Waals surface area contributed by atoms with Crippen LogP contribution in [0.4, 0.5) is 0 Å². The number of nitrogens with one attached hydrogen (secondary N) is 2. The van der Waals surface area contributed by atoms with Crippen molar-refractivity contribution in [2.45, 2.75) is 6.92 Å². The fourth-order valence-corrected chi connectivity index (χ4v) is 0.720. The third-order valence-corrected chi connectivity index (χ3v) is 1.11. The van der Waals surface area contributed by atoms with Gasteiger partial charge in [0.2, 0.25) is 6.23 Å². The van der Waals surface area contributed by atoms with Gasteiger partial charge in [-0.15, -0.1) is 0 Å². The van der Waals surface area contributed by atoms with Crippen LogP contribution < -0.4 is 10.9 Å². The minimum absolute atomic E-state index is 0.622. The van der Waals surface area contributed by atoms with Crippen molar-refractivity contribution in [1.82, 2.24) is 15.5 Å². The highest BCUT2D eigenvalue weighted by atomic mass is 35.5. The number of nitrogens with zero attached hydrogens (tertiary/aromatic N) is 1. The van der Waals surface area contributed by atoms with Gasteiger partial charge in [-0.25, -0.2) is 0 Å². The Balaban J connectivity index is 2.32. The fourth-order valence-electron chi connectivity index (χ4n) is 0.581. The Kier molecular flexibility index (Phi) is 2.95. The van der Waals surface area contributed by atoms with Crippen LogP contribution in [0.5, 0.6) is 0 Å². The van der Waals surface area contributed by atoms with E-state index in [0.717, 1.165) is 0 Å². The molecule has 0 aromatic rings. The summed E-state index contributed by atoms with van der Waals surface area (Å²) in [5.41, 5.74) is 5.39. The second-order valence-electron chi connectivity index (χ2n) is 1.65. The molecule has 1 rings (SSSR count). The molecule has 1 heterocycles. The predicted octanol–water partition coefficient (Wildman–Crippen LogP) is 0.505. The van der Waals surface area contributed by atoms with Crippen molar-refractivity contribution in [2.24, 2.45) is 0 Å². The molecule has 57 valence electrons. The summed E-state index contributed by atoms with van der Waals surface area (Å²) in [5.74, 6) is 0. The van der Waals surface area contributed by atoms with E-state index in [-0.39, 0.29) is 0 Å². The topological polar surface area (TPSA) is 36.5 Å². The molecule has 0 saturated heterocycles. The Morgan fingerprint density at radius 3 is 3.20 bits per heavy atom. The Hall–Kier alpha value is -0.290. The molecule has 1 aliphatic heterocycles.